The summed E-state index contributed by atoms with van der Waals surface area (Å²) < 4.78 is 16.6. The first-order valence-corrected chi connectivity index (χ1v) is 8.67. The molecule has 0 N–H and O–H groups in total. The zero-order valence-electron chi connectivity index (χ0n) is 15.3. The van der Waals surface area contributed by atoms with Gasteiger partial charge in [0.05, 0.1) is 21.3 Å². The Hall–Kier alpha value is -2.98. The molecular formula is C22H19ClO4. The van der Waals surface area contributed by atoms with Gasteiger partial charge in [0.1, 0.15) is 0 Å². The number of hydrogen-bond donors (Lipinski definition) is 0. The molecule has 0 bridgehead atoms. The molecule has 0 fully saturated rings. The topological polar surface area (TPSA) is 44.8 Å². The highest BCUT2D eigenvalue weighted by Gasteiger charge is 2.25. The molecular weight excluding hydrogens is 364 g/mol. The van der Waals surface area contributed by atoms with E-state index in [1.807, 2.05) is 30.3 Å². The third-order valence-corrected chi connectivity index (χ3v) is 4.50. The number of halogens is 1. The first-order valence-electron chi connectivity index (χ1n) is 8.29. The number of methoxy groups -OCH3 is 3. The molecule has 3 aromatic carbocycles. The minimum atomic E-state index is -0.162. The monoisotopic (exact) mass is 382 g/mol. The maximum Gasteiger partial charge on any atom is 0.203 e. The van der Waals surface area contributed by atoms with E-state index in [1.165, 1.54) is 14.2 Å². The second kappa shape index (κ2) is 8.14. The Labute approximate surface area is 163 Å². The van der Waals surface area contributed by atoms with Crippen molar-refractivity contribution in [3.8, 4) is 28.4 Å². The van der Waals surface area contributed by atoms with E-state index < -0.39 is 0 Å². The molecule has 0 unspecified atom stereocenters. The van der Waals surface area contributed by atoms with Crippen molar-refractivity contribution in [1.29, 1.82) is 0 Å². The molecule has 0 saturated carbocycles. The molecule has 0 spiro atoms. The number of ketones is 1. The van der Waals surface area contributed by atoms with Crippen LogP contribution in [0.15, 0.2) is 60.7 Å². The van der Waals surface area contributed by atoms with E-state index in [4.69, 9.17) is 25.8 Å². The summed E-state index contributed by atoms with van der Waals surface area (Å²) in [6.07, 6.45) is 0. The highest BCUT2D eigenvalue weighted by atomic mass is 35.5. The number of ether oxygens (including phenoxy) is 3. The number of rotatable bonds is 6. The van der Waals surface area contributed by atoms with E-state index >= 15 is 0 Å². The van der Waals surface area contributed by atoms with Crippen LogP contribution in [-0.2, 0) is 0 Å². The standard InChI is InChI=1S/C22H19ClO4/c1-25-18-13-17(20(24)15-9-11-16(23)12-10-15)19(14-7-5-4-6-8-14)22(27-3)21(18)26-2/h4-13H,1-3H3. The minimum Gasteiger partial charge on any atom is -0.493 e. The van der Waals surface area contributed by atoms with Crippen LogP contribution < -0.4 is 14.2 Å². The van der Waals surface area contributed by atoms with Crippen molar-refractivity contribution in [2.45, 2.75) is 0 Å². The molecule has 0 saturated heterocycles. The van der Waals surface area contributed by atoms with E-state index in [-0.39, 0.29) is 5.78 Å². The van der Waals surface area contributed by atoms with Crippen molar-refractivity contribution < 1.29 is 19.0 Å². The quantitative estimate of drug-likeness (QED) is 0.545. The summed E-state index contributed by atoms with van der Waals surface area (Å²) in [4.78, 5) is 13.3. The van der Waals surface area contributed by atoms with Crippen LogP contribution in [0.3, 0.4) is 0 Å². The average molecular weight is 383 g/mol. The molecule has 4 nitrogen and oxygen atoms in total. The van der Waals surface area contributed by atoms with Gasteiger partial charge in [-0.1, -0.05) is 41.9 Å². The van der Waals surface area contributed by atoms with Gasteiger partial charge < -0.3 is 14.2 Å². The molecule has 0 amide bonds. The number of benzene rings is 3. The first-order chi connectivity index (χ1) is 13.1. The van der Waals surface area contributed by atoms with Gasteiger partial charge >= 0.3 is 0 Å². The van der Waals surface area contributed by atoms with Crippen LogP contribution in [0.25, 0.3) is 11.1 Å². The van der Waals surface area contributed by atoms with Gasteiger partial charge in [0.15, 0.2) is 17.3 Å². The zero-order valence-corrected chi connectivity index (χ0v) is 16.0. The maximum absolute atomic E-state index is 13.3. The highest BCUT2D eigenvalue weighted by molar-refractivity contribution is 6.30. The largest absolute Gasteiger partial charge is 0.493 e. The van der Waals surface area contributed by atoms with Gasteiger partial charge in [0, 0.05) is 21.7 Å². The summed E-state index contributed by atoms with van der Waals surface area (Å²) >= 11 is 5.96. The van der Waals surface area contributed by atoms with Crippen LogP contribution in [0.4, 0.5) is 0 Å². The van der Waals surface area contributed by atoms with Gasteiger partial charge in [-0.25, -0.2) is 0 Å². The van der Waals surface area contributed by atoms with Gasteiger partial charge in [-0.2, -0.15) is 0 Å². The lowest BCUT2D eigenvalue weighted by Crippen LogP contribution is -2.07. The second-order valence-corrected chi connectivity index (χ2v) is 6.21. The fraction of sp³-hybridized carbons (Fsp3) is 0.136. The van der Waals surface area contributed by atoms with Crippen LogP contribution in [-0.4, -0.2) is 27.1 Å². The fourth-order valence-electron chi connectivity index (χ4n) is 2.98. The minimum absolute atomic E-state index is 0.162. The van der Waals surface area contributed by atoms with E-state index in [0.717, 1.165) is 5.56 Å². The predicted octanol–water partition coefficient (Wildman–Crippen LogP) is 5.26. The Morgan fingerprint density at radius 2 is 1.44 bits per heavy atom. The normalized spacial score (nSPS) is 10.4. The van der Waals surface area contributed by atoms with Gasteiger partial charge in [0.25, 0.3) is 0 Å². The van der Waals surface area contributed by atoms with Crippen molar-refractivity contribution in [2.75, 3.05) is 21.3 Å². The molecule has 3 rings (SSSR count). The summed E-state index contributed by atoms with van der Waals surface area (Å²) in [5.41, 5.74) is 2.46. The van der Waals surface area contributed by atoms with Gasteiger partial charge in [0.2, 0.25) is 5.75 Å². The second-order valence-electron chi connectivity index (χ2n) is 5.77. The van der Waals surface area contributed by atoms with Crippen molar-refractivity contribution in [3.05, 3.63) is 76.8 Å². The van der Waals surface area contributed by atoms with E-state index in [2.05, 4.69) is 0 Å². The van der Waals surface area contributed by atoms with Gasteiger partial charge in [-0.05, 0) is 35.9 Å². The molecule has 5 heteroatoms. The molecule has 0 aliphatic carbocycles. The number of carbonyl (C=O) groups is 1. The SMILES string of the molecule is COc1cc(C(=O)c2ccc(Cl)cc2)c(-c2ccccc2)c(OC)c1OC. The molecule has 0 heterocycles. The highest BCUT2D eigenvalue weighted by Crippen LogP contribution is 2.47. The van der Waals surface area contributed by atoms with Crippen LogP contribution >= 0.6 is 11.6 Å². The molecule has 0 aromatic heterocycles. The lowest BCUT2D eigenvalue weighted by Gasteiger charge is -2.19. The molecule has 0 aliphatic heterocycles. The summed E-state index contributed by atoms with van der Waals surface area (Å²) in [6, 6.07) is 18.0. The Bertz CT molecular complexity index is 950. The molecule has 138 valence electrons. The average Bonchev–Trinajstić information content (AvgIpc) is 2.72. The van der Waals surface area contributed by atoms with Crippen LogP contribution in [0.2, 0.25) is 5.02 Å². The number of hydrogen-bond acceptors (Lipinski definition) is 4. The molecule has 0 radical (unpaired) electrons. The van der Waals surface area contributed by atoms with E-state index in [0.29, 0.717) is 39.0 Å². The summed E-state index contributed by atoms with van der Waals surface area (Å²) in [6.45, 7) is 0. The Balaban J connectivity index is 2.31. The van der Waals surface area contributed by atoms with Crippen molar-refractivity contribution in [2.24, 2.45) is 0 Å². The molecule has 27 heavy (non-hydrogen) atoms. The molecule has 0 atom stereocenters. The molecule has 0 aliphatic rings. The maximum atomic E-state index is 13.3. The predicted molar refractivity (Wildman–Crippen MR) is 106 cm³/mol. The summed E-state index contributed by atoms with van der Waals surface area (Å²) in [7, 11) is 4.60. The Morgan fingerprint density at radius 3 is 2.00 bits per heavy atom. The molecule has 3 aromatic rings. The zero-order chi connectivity index (χ0) is 19.4. The van der Waals surface area contributed by atoms with E-state index in [9.17, 15) is 4.79 Å². The summed E-state index contributed by atoms with van der Waals surface area (Å²) in [5, 5.41) is 0.569. The van der Waals surface area contributed by atoms with Crippen LogP contribution in [0, 0.1) is 0 Å². The van der Waals surface area contributed by atoms with Gasteiger partial charge in [-0.15, -0.1) is 0 Å². The van der Waals surface area contributed by atoms with E-state index in [1.54, 1.807) is 37.4 Å². The number of carbonyl (C=O) groups excluding carboxylic acids is 1. The Morgan fingerprint density at radius 1 is 0.815 bits per heavy atom. The third-order valence-electron chi connectivity index (χ3n) is 4.24. The smallest absolute Gasteiger partial charge is 0.203 e. The first kappa shape index (κ1) is 18.8. The van der Waals surface area contributed by atoms with Crippen molar-refractivity contribution >= 4 is 17.4 Å². The Kier molecular flexibility index (Phi) is 5.67. The fourth-order valence-corrected chi connectivity index (χ4v) is 3.11. The van der Waals surface area contributed by atoms with Gasteiger partial charge in [-0.3, -0.25) is 4.79 Å². The van der Waals surface area contributed by atoms with Crippen molar-refractivity contribution in [1.82, 2.24) is 0 Å². The summed E-state index contributed by atoms with van der Waals surface area (Å²) in [5.74, 6) is 1.14. The lowest BCUT2D eigenvalue weighted by molar-refractivity contribution is 0.103. The van der Waals surface area contributed by atoms with Crippen molar-refractivity contribution in [3.63, 3.8) is 0 Å². The lowest BCUT2D eigenvalue weighted by atomic mass is 9.92. The van der Waals surface area contributed by atoms with Crippen LogP contribution in [0.5, 0.6) is 17.2 Å². The van der Waals surface area contributed by atoms with Crippen LogP contribution in [0.1, 0.15) is 15.9 Å². The third kappa shape index (κ3) is 3.62.